The lowest BCUT2D eigenvalue weighted by Gasteiger charge is -2.12. The van der Waals surface area contributed by atoms with E-state index < -0.39 is 0 Å². The Bertz CT molecular complexity index is 2160. The molecule has 0 amide bonds. The molecule has 5 aromatic carbocycles. The maximum Gasteiger partial charge on any atom is 0.224 e. The Morgan fingerprint density at radius 2 is 1.29 bits per heavy atom. The standard InChI is InChI=1S/C35H25N2O/c1-22-15-17-29-28-11-5-8-14-32(28)38-35(29)33(22)34-25-18-16-24(21-23(25)19-20-36(34)2)37-30-12-6-3-9-26(30)27-10-4-7-13-31(27)37/h3-21H,1-2H3/q+1. The third kappa shape index (κ3) is 2.87. The molecule has 0 saturated carbocycles. The van der Waals surface area contributed by atoms with Crippen LogP contribution in [0.15, 0.2) is 120 Å². The van der Waals surface area contributed by atoms with E-state index in [0.29, 0.717) is 0 Å². The first-order valence-electron chi connectivity index (χ1n) is 13.0. The van der Waals surface area contributed by atoms with Gasteiger partial charge in [0.2, 0.25) is 5.69 Å². The summed E-state index contributed by atoms with van der Waals surface area (Å²) in [5.74, 6) is 0. The van der Waals surface area contributed by atoms with Crippen molar-refractivity contribution in [2.24, 2.45) is 7.05 Å². The van der Waals surface area contributed by atoms with Crippen molar-refractivity contribution in [2.45, 2.75) is 6.92 Å². The molecule has 0 spiro atoms. The molecule has 0 atom stereocenters. The molecule has 0 N–H and O–H groups in total. The van der Waals surface area contributed by atoms with Crippen molar-refractivity contribution >= 4 is 54.5 Å². The van der Waals surface area contributed by atoms with Crippen LogP contribution in [0.5, 0.6) is 0 Å². The van der Waals surface area contributed by atoms with E-state index >= 15 is 0 Å². The fourth-order valence-electron chi connectivity index (χ4n) is 6.19. The van der Waals surface area contributed by atoms with Gasteiger partial charge in [-0.3, -0.25) is 0 Å². The lowest BCUT2D eigenvalue weighted by Crippen LogP contribution is -2.30. The van der Waals surface area contributed by atoms with Gasteiger partial charge in [0.15, 0.2) is 6.20 Å². The highest BCUT2D eigenvalue weighted by molar-refractivity contribution is 6.12. The number of hydrogen-bond donors (Lipinski definition) is 0. The zero-order valence-electron chi connectivity index (χ0n) is 21.3. The lowest BCUT2D eigenvalue weighted by atomic mass is 9.97. The van der Waals surface area contributed by atoms with Crippen LogP contribution in [0.4, 0.5) is 0 Å². The second-order valence-electron chi connectivity index (χ2n) is 10.1. The topological polar surface area (TPSA) is 21.9 Å². The summed E-state index contributed by atoms with van der Waals surface area (Å²) >= 11 is 0. The molecule has 0 aliphatic heterocycles. The van der Waals surface area contributed by atoms with Gasteiger partial charge in [-0.1, -0.05) is 66.7 Å². The summed E-state index contributed by atoms with van der Waals surface area (Å²) in [6.07, 6.45) is 2.16. The van der Waals surface area contributed by atoms with Crippen molar-refractivity contribution in [3.8, 4) is 16.9 Å². The molecular weight excluding hydrogens is 464 g/mol. The molecule has 3 heterocycles. The summed E-state index contributed by atoms with van der Waals surface area (Å²) in [5.41, 5.74) is 8.98. The molecule has 38 heavy (non-hydrogen) atoms. The minimum absolute atomic E-state index is 0.922. The first kappa shape index (κ1) is 21.2. The molecule has 3 heteroatoms. The van der Waals surface area contributed by atoms with Crippen LogP contribution in [0.1, 0.15) is 5.56 Å². The molecule has 0 bridgehead atoms. The van der Waals surface area contributed by atoms with Crippen LogP contribution >= 0.6 is 0 Å². The van der Waals surface area contributed by atoms with Crippen LogP contribution in [0, 0.1) is 6.92 Å². The number of nitrogens with zero attached hydrogens (tertiary/aromatic N) is 2. The van der Waals surface area contributed by atoms with Gasteiger partial charge in [0.05, 0.1) is 22.0 Å². The third-order valence-electron chi connectivity index (χ3n) is 7.95. The van der Waals surface area contributed by atoms with Crippen LogP contribution < -0.4 is 4.57 Å². The van der Waals surface area contributed by atoms with Gasteiger partial charge < -0.3 is 8.98 Å². The largest absolute Gasteiger partial charge is 0.455 e. The molecule has 0 aliphatic carbocycles. The summed E-state index contributed by atoms with van der Waals surface area (Å²) in [6, 6.07) is 39.1. The highest BCUT2D eigenvalue weighted by Gasteiger charge is 2.23. The molecule has 180 valence electrons. The van der Waals surface area contributed by atoms with Crippen LogP contribution in [0.25, 0.3) is 71.5 Å². The number of furan rings is 1. The number of pyridine rings is 1. The van der Waals surface area contributed by atoms with E-state index in [1.165, 1.54) is 43.8 Å². The van der Waals surface area contributed by atoms with Crippen LogP contribution in [0.2, 0.25) is 0 Å². The quantitative estimate of drug-likeness (QED) is 0.223. The first-order valence-corrected chi connectivity index (χ1v) is 13.0. The number of rotatable bonds is 2. The highest BCUT2D eigenvalue weighted by atomic mass is 16.3. The Morgan fingerprint density at radius 1 is 0.632 bits per heavy atom. The van der Waals surface area contributed by atoms with Gasteiger partial charge in [0.25, 0.3) is 0 Å². The van der Waals surface area contributed by atoms with Crippen LogP contribution in [-0.2, 0) is 7.05 Å². The number of fused-ring (bicyclic) bond motifs is 7. The molecular formula is C35H25N2O+. The van der Waals surface area contributed by atoms with Gasteiger partial charge in [-0.05, 0) is 54.3 Å². The molecule has 3 aromatic heterocycles. The van der Waals surface area contributed by atoms with E-state index in [1.807, 2.05) is 6.07 Å². The molecule has 0 unspecified atom stereocenters. The van der Waals surface area contributed by atoms with Crippen molar-refractivity contribution in [1.82, 2.24) is 4.57 Å². The molecule has 8 rings (SSSR count). The minimum Gasteiger partial charge on any atom is -0.455 e. The fraction of sp³-hybridized carbons (Fsp3) is 0.0571. The maximum absolute atomic E-state index is 6.48. The Labute approximate surface area is 219 Å². The summed E-state index contributed by atoms with van der Waals surface area (Å²) in [7, 11) is 2.12. The first-order chi connectivity index (χ1) is 18.7. The van der Waals surface area contributed by atoms with E-state index in [4.69, 9.17) is 4.42 Å². The van der Waals surface area contributed by atoms with Crippen molar-refractivity contribution in [3.63, 3.8) is 0 Å². The van der Waals surface area contributed by atoms with Crippen molar-refractivity contribution < 1.29 is 8.98 Å². The SMILES string of the molecule is Cc1ccc2c(oc3ccccc32)c1-c1c2ccc(-n3c4ccccc4c4ccccc43)cc2cc[n+]1C. The third-order valence-corrected chi connectivity index (χ3v) is 7.95. The number of para-hydroxylation sites is 3. The van der Waals surface area contributed by atoms with Crippen molar-refractivity contribution in [2.75, 3.05) is 0 Å². The van der Waals surface area contributed by atoms with E-state index in [9.17, 15) is 0 Å². The molecule has 8 aromatic rings. The van der Waals surface area contributed by atoms with E-state index in [0.717, 1.165) is 33.2 Å². The van der Waals surface area contributed by atoms with Gasteiger partial charge in [-0.2, -0.15) is 0 Å². The normalized spacial score (nSPS) is 11.9. The predicted molar refractivity (Wildman–Crippen MR) is 157 cm³/mol. The zero-order chi connectivity index (χ0) is 25.4. The number of benzene rings is 5. The molecule has 0 aliphatic rings. The second-order valence-corrected chi connectivity index (χ2v) is 10.1. The monoisotopic (exact) mass is 489 g/mol. The summed E-state index contributed by atoms with van der Waals surface area (Å²) in [5, 5.41) is 7.26. The van der Waals surface area contributed by atoms with E-state index in [-0.39, 0.29) is 0 Å². The Kier molecular flexibility index (Phi) is 4.36. The van der Waals surface area contributed by atoms with Crippen LogP contribution in [0.3, 0.4) is 0 Å². The van der Waals surface area contributed by atoms with Gasteiger partial charge in [0, 0.05) is 33.3 Å². The number of hydrogen-bond acceptors (Lipinski definition) is 1. The Morgan fingerprint density at radius 3 is 2.05 bits per heavy atom. The van der Waals surface area contributed by atoms with Gasteiger partial charge in [0.1, 0.15) is 18.2 Å². The van der Waals surface area contributed by atoms with E-state index in [1.54, 1.807) is 0 Å². The van der Waals surface area contributed by atoms with Crippen LogP contribution in [-0.4, -0.2) is 4.57 Å². The Hall–Kier alpha value is -4.89. The number of aryl methyl sites for hydroxylation is 2. The maximum atomic E-state index is 6.48. The molecule has 3 nitrogen and oxygen atoms in total. The number of aromatic nitrogens is 2. The van der Waals surface area contributed by atoms with Crippen molar-refractivity contribution in [1.29, 1.82) is 0 Å². The minimum atomic E-state index is 0.922. The molecule has 0 saturated heterocycles. The second kappa shape index (κ2) is 7.80. The zero-order valence-corrected chi connectivity index (χ0v) is 21.3. The summed E-state index contributed by atoms with van der Waals surface area (Å²) in [4.78, 5) is 0. The summed E-state index contributed by atoms with van der Waals surface area (Å²) < 4.78 is 11.1. The average Bonchev–Trinajstić information content (AvgIpc) is 3.49. The fourth-order valence-corrected chi connectivity index (χ4v) is 6.19. The van der Waals surface area contributed by atoms with Gasteiger partial charge >= 0.3 is 0 Å². The lowest BCUT2D eigenvalue weighted by molar-refractivity contribution is -0.659. The van der Waals surface area contributed by atoms with Crippen molar-refractivity contribution in [3.05, 3.63) is 121 Å². The predicted octanol–water partition coefficient (Wildman–Crippen LogP) is 8.64. The van der Waals surface area contributed by atoms with Gasteiger partial charge in [-0.25, -0.2) is 4.57 Å². The molecule has 0 radical (unpaired) electrons. The molecule has 0 fully saturated rings. The average molecular weight is 490 g/mol. The van der Waals surface area contributed by atoms with Gasteiger partial charge in [-0.15, -0.1) is 0 Å². The Balaban J connectivity index is 1.42. The summed E-state index contributed by atoms with van der Waals surface area (Å²) in [6.45, 7) is 2.17. The smallest absolute Gasteiger partial charge is 0.224 e. The van der Waals surface area contributed by atoms with E-state index in [2.05, 4.69) is 132 Å². The highest BCUT2D eigenvalue weighted by Crippen LogP contribution is 2.40.